The van der Waals surface area contributed by atoms with Crippen LogP contribution in [0.4, 0.5) is 5.69 Å². The number of rotatable bonds is 3. The Kier molecular flexibility index (Phi) is 2.97. The van der Waals surface area contributed by atoms with E-state index in [0.29, 0.717) is 17.9 Å². The van der Waals surface area contributed by atoms with Crippen molar-refractivity contribution in [3.8, 4) is 0 Å². The minimum absolute atomic E-state index is 0.121. The number of hydrogen-bond acceptors (Lipinski definition) is 3. The number of nitrogen functional groups attached to an aromatic ring is 1. The maximum atomic E-state index is 12.0. The van der Waals surface area contributed by atoms with Gasteiger partial charge in [-0.1, -0.05) is 18.2 Å². The fourth-order valence-corrected chi connectivity index (χ4v) is 2.62. The Morgan fingerprint density at radius 1 is 1.32 bits per heavy atom. The Morgan fingerprint density at radius 3 is 2.95 bits per heavy atom. The fourth-order valence-electron chi connectivity index (χ4n) is 1.98. The van der Waals surface area contributed by atoms with Gasteiger partial charge in [-0.15, -0.1) is 11.3 Å². The summed E-state index contributed by atoms with van der Waals surface area (Å²) in [6, 6.07) is 11.4. The number of benzene rings is 1. The molecule has 0 spiro atoms. The minimum atomic E-state index is -0.121. The van der Waals surface area contributed by atoms with Gasteiger partial charge in [-0.2, -0.15) is 0 Å². The number of carbonyl (C=O) groups excluding carboxylic acids is 1. The van der Waals surface area contributed by atoms with E-state index >= 15 is 0 Å². The highest BCUT2D eigenvalue weighted by Gasteiger charge is 2.10. The molecule has 0 bridgehead atoms. The normalized spacial score (nSPS) is 10.7. The average Bonchev–Trinajstić information content (AvgIpc) is 3.05. The summed E-state index contributed by atoms with van der Waals surface area (Å²) >= 11 is 1.62. The van der Waals surface area contributed by atoms with E-state index in [1.54, 1.807) is 11.3 Å². The molecule has 1 aromatic carbocycles. The number of carbonyl (C=O) groups is 1. The molecule has 4 N–H and O–H groups in total. The molecule has 1 amide bonds. The molecule has 5 heteroatoms. The third-order valence-corrected chi connectivity index (χ3v) is 3.81. The second-order valence-corrected chi connectivity index (χ2v) is 5.29. The molecule has 3 rings (SSSR count). The van der Waals surface area contributed by atoms with Gasteiger partial charge in [0.05, 0.1) is 17.7 Å². The first-order valence-corrected chi connectivity index (χ1v) is 6.80. The molecule has 3 aromatic rings. The standard InChI is InChI=1S/C14H13N3OS/c15-11-5-1-3-9-7-12(17-13(9)11)14(18)16-8-10-4-2-6-19-10/h1-7,17H,8,15H2,(H,16,18). The maximum Gasteiger partial charge on any atom is 0.268 e. The van der Waals surface area contributed by atoms with Crippen molar-refractivity contribution in [2.45, 2.75) is 6.54 Å². The topological polar surface area (TPSA) is 70.9 Å². The Morgan fingerprint density at radius 2 is 2.21 bits per heavy atom. The number of nitrogens with one attached hydrogen (secondary N) is 2. The Hall–Kier alpha value is -2.27. The van der Waals surface area contributed by atoms with Gasteiger partial charge in [-0.05, 0) is 23.6 Å². The summed E-state index contributed by atoms with van der Waals surface area (Å²) in [6.07, 6.45) is 0. The van der Waals surface area contributed by atoms with E-state index in [1.807, 2.05) is 41.8 Å². The van der Waals surface area contributed by atoms with Crippen molar-refractivity contribution in [1.29, 1.82) is 0 Å². The number of H-pyrrole nitrogens is 1. The van der Waals surface area contributed by atoms with Crippen molar-refractivity contribution >= 4 is 33.8 Å². The summed E-state index contributed by atoms with van der Waals surface area (Å²) in [5.41, 5.74) is 7.85. The molecule has 0 aliphatic heterocycles. The lowest BCUT2D eigenvalue weighted by Crippen LogP contribution is -2.22. The van der Waals surface area contributed by atoms with Gasteiger partial charge in [0, 0.05) is 10.3 Å². The van der Waals surface area contributed by atoms with Crippen LogP contribution in [0.25, 0.3) is 10.9 Å². The van der Waals surface area contributed by atoms with Crippen molar-refractivity contribution < 1.29 is 4.79 Å². The van der Waals surface area contributed by atoms with Gasteiger partial charge in [0.15, 0.2) is 0 Å². The predicted octanol–water partition coefficient (Wildman–Crippen LogP) is 2.74. The first kappa shape index (κ1) is 11.8. The highest BCUT2D eigenvalue weighted by molar-refractivity contribution is 7.09. The zero-order valence-corrected chi connectivity index (χ0v) is 11.0. The summed E-state index contributed by atoms with van der Waals surface area (Å²) in [5, 5.41) is 5.82. The lowest BCUT2D eigenvalue weighted by molar-refractivity contribution is 0.0947. The van der Waals surface area contributed by atoms with Crippen molar-refractivity contribution in [2.24, 2.45) is 0 Å². The molecule has 0 atom stereocenters. The number of thiophene rings is 1. The number of hydrogen-bond donors (Lipinski definition) is 3. The largest absolute Gasteiger partial charge is 0.397 e. The molecule has 4 nitrogen and oxygen atoms in total. The number of anilines is 1. The highest BCUT2D eigenvalue weighted by Crippen LogP contribution is 2.21. The molecule has 0 aliphatic rings. The number of nitrogens with two attached hydrogens (primary N) is 1. The number of para-hydroxylation sites is 1. The number of aromatic nitrogens is 1. The second-order valence-electron chi connectivity index (χ2n) is 4.26. The molecule has 96 valence electrons. The lowest BCUT2D eigenvalue weighted by atomic mass is 10.2. The van der Waals surface area contributed by atoms with Crippen LogP contribution in [0.5, 0.6) is 0 Å². The van der Waals surface area contributed by atoms with Crippen LogP contribution in [0.1, 0.15) is 15.4 Å². The quantitative estimate of drug-likeness (QED) is 0.641. The molecule has 0 saturated heterocycles. The molecule has 0 unspecified atom stereocenters. The van der Waals surface area contributed by atoms with Crippen LogP contribution < -0.4 is 11.1 Å². The van der Waals surface area contributed by atoms with Crippen molar-refractivity contribution in [1.82, 2.24) is 10.3 Å². The van der Waals surface area contributed by atoms with Crippen LogP contribution in [-0.2, 0) is 6.54 Å². The molecule has 0 aliphatic carbocycles. The molecule has 0 radical (unpaired) electrons. The van der Waals surface area contributed by atoms with Gasteiger partial charge in [-0.25, -0.2) is 0 Å². The fraction of sp³-hybridized carbons (Fsp3) is 0.0714. The van der Waals surface area contributed by atoms with E-state index < -0.39 is 0 Å². The minimum Gasteiger partial charge on any atom is -0.397 e. The summed E-state index contributed by atoms with van der Waals surface area (Å²) in [4.78, 5) is 16.2. The van der Waals surface area contributed by atoms with Gasteiger partial charge >= 0.3 is 0 Å². The van der Waals surface area contributed by atoms with Crippen LogP contribution in [-0.4, -0.2) is 10.9 Å². The summed E-state index contributed by atoms with van der Waals surface area (Å²) in [5.74, 6) is -0.121. The van der Waals surface area contributed by atoms with E-state index in [2.05, 4.69) is 10.3 Å². The van der Waals surface area contributed by atoms with Crippen LogP contribution in [0.3, 0.4) is 0 Å². The van der Waals surface area contributed by atoms with Crippen molar-refractivity contribution in [3.63, 3.8) is 0 Å². The average molecular weight is 271 g/mol. The maximum absolute atomic E-state index is 12.0. The molecule has 0 saturated carbocycles. The van der Waals surface area contributed by atoms with E-state index in [4.69, 9.17) is 5.73 Å². The van der Waals surface area contributed by atoms with Crippen LogP contribution in [0.15, 0.2) is 41.8 Å². The predicted molar refractivity (Wildman–Crippen MR) is 78.2 cm³/mol. The Bertz CT molecular complexity index is 715. The first-order chi connectivity index (χ1) is 9.24. The van der Waals surface area contributed by atoms with Gasteiger partial charge in [0.25, 0.3) is 5.91 Å². The van der Waals surface area contributed by atoms with E-state index in [-0.39, 0.29) is 5.91 Å². The summed E-state index contributed by atoms with van der Waals surface area (Å²) < 4.78 is 0. The summed E-state index contributed by atoms with van der Waals surface area (Å²) in [6.45, 7) is 0.543. The lowest BCUT2D eigenvalue weighted by Gasteiger charge is -2.01. The van der Waals surface area contributed by atoms with E-state index in [9.17, 15) is 4.79 Å². The molecular formula is C14H13N3OS. The number of amides is 1. The van der Waals surface area contributed by atoms with Crippen LogP contribution >= 0.6 is 11.3 Å². The zero-order chi connectivity index (χ0) is 13.2. The highest BCUT2D eigenvalue weighted by atomic mass is 32.1. The Labute approximate surface area is 114 Å². The van der Waals surface area contributed by atoms with Crippen LogP contribution in [0, 0.1) is 0 Å². The van der Waals surface area contributed by atoms with E-state index in [0.717, 1.165) is 15.8 Å². The van der Waals surface area contributed by atoms with Crippen LogP contribution in [0.2, 0.25) is 0 Å². The molecule has 0 fully saturated rings. The number of aromatic amines is 1. The Balaban J connectivity index is 1.80. The van der Waals surface area contributed by atoms with Gasteiger partial charge in [0.2, 0.25) is 0 Å². The molecule has 2 heterocycles. The second kappa shape index (κ2) is 4.78. The van der Waals surface area contributed by atoms with Gasteiger partial charge in [-0.3, -0.25) is 4.79 Å². The molecule has 2 aromatic heterocycles. The third kappa shape index (κ3) is 2.32. The first-order valence-electron chi connectivity index (χ1n) is 5.92. The van der Waals surface area contributed by atoms with Crippen molar-refractivity contribution in [3.05, 3.63) is 52.3 Å². The smallest absolute Gasteiger partial charge is 0.268 e. The third-order valence-electron chi connectivity index (χ3n) is 2.94. The number of fused-ring (bicyclic) bond motifs is 1. The van der Waals surface area contributed by atoms with Gasteiger partial charge < -0.3 is 16.0 Å². The SMILES string of the molecule is Nc1cccc2cc(C(=O)NCc3cccs3)[nH]c12. The van der Waals surface area contributed by atoms with Crippen molar-refractivity contribution in [2.75, 3.05) is 5.73 Å². The monoisotopic (exact) mass is 271 g/mol. The molecule has 19 heavy (non-hydrogen) atoms. The molecular weight excluding hydrogens is 258 g/mol. The van der Waals surface area contributed by atoms with Gasteiger partial charge in [0.1, 0.15) is 5.69 Å². The zero-order valence-electron chi connectivity index (χ0n) is 10.1. The summed E-state index contributed by atoms with van der Waals surface area (Å²) in [7, 11) is 0. The van der Waals surface area contributed by atoms with E-state index in [1.165, 1.54) is 0 Å².